The zero-order valence-electron chi connectivity index (χ0n) is 8.83. The van der Waals surface area contributed by atoms with Crippen LogP contribution in [0.3, 0.4) is 0 Å². The molecule has 0 aliphatic carbocycles. The predicted molar refractivity (Wildman–Crippen MR) is 67.0 cm³/mol. The third-order valence-corrected chi connectivity index (χ3v) is 2.80. The Hall–Kier alpha value is -2.20. The van der Waals surface area contributed by atoms with E-state index in [0.717, 1.165) is 12.1 Å². The molecule has 0 saturated heterocycles. The third-order valence-electron chi connectivity index (χ3n) is 2.80. The summed E-state index contributed by atoms with van der Waals surface area (Å²) in [4.78, 5) is 0. The van der Waals surface area contributed by atoms with Crippen molar-refractivity contribution in [3.63, 3.8) is 0 Å². The van der Waals surface area contributed by atoms with Gasteiger partial charge in [-0.2, -0.15) is 0 Å². The van der Waals surface area contributed by atoms with E-state index in [-0.39, 0.29) is 0 Å². The lowest BCUT2D eigenvalue weighted by Gasteiger charge is -2.13. The SMILES string of the molecule is C1#CNc2ccccc2-c2ccccc2C1. The summed E-state index contributed by atoms with van der Waals surface area (Å²) in [6.45, 7) is 0. The van der Waals surface area contributed by atoms with Crippen molar-refractivity contribution < 1.29 is 0 Å². The fourth-order valence-electron chi connectivity index (χ4n) is 2.02. The second-order valence-electron chi connectivity index (χ2n) is 3.81. The summed E-state index contributed by atoms with van der Waals surface area (Å²) in [6, 6.07) is 19.7. The molecule has 1 N–H and O–H groups in total. The molecule has 2 aromatic carbocycles. The van der Waals surface area contributed by atoms with Crippen molar-refractivity contribution in [1.82, 2.24) is 0 Å². The molecule has 1 aliphatic heterocycles. The minimum atomic E-state index is 0.803. The van der Waals surface area contributed by atoms with Crippen LogP contribution in [-0.4, -0.2) is 0 Å². The number of nitrogens with one attached hydrogen (secondary N) is 1. The summed E-state index contributed by atoms with van der Waals surface area (Å²) in [5.41, 5.74) is 4.89. The Balaban J connectivity index is 2.29. The van der Waals surface area contributed by atoms with Crippen molar-refractivity contribution in [1.29, 1.82) is 0 Å². The highest BCUT2D eigenvalue weighted by atomic mass is 14.8. The highest BCUT2D eigenvalue weighted by molar-refractivity contribution is 5.81. The number of hydrogen-bond acceptors (Lipinski definition) is 1. The molecule has 0 amide bonds. The summed E-state index contributed by atoms with van der Waals surface area (Å²) in [5.74, 6) is 3.12. The second kappa shape index (κ2) is 3.75. The topological polar surface area (TPSA) is 12.0 Å². The van der Waals surface area contributed by atoms with Gasteiger partial charge in [-0.15, -0.1) is 0 Å². The highest BCUT2D eigenvalue weighted by Gasteiger charge is 2.08. The molecule has 0 aromatic heterocycles. The third kappa shape index (κ3) is 1.45. The average molecular weight is 205 g/mol. The van der Waals surface area contributed by atoms with Gasteiger partial charge in [0.25, 0.3) is 0 Å². The van der Waals surface area contributed by atoms with Gasteiger partial charge in [-0.05, 0) is 17.2 Å². The highest BCUT2D eigenvalue weighted by Crippen LogP contribution is 2.31. The lowest BCUT2D eigenvalue weighted by molar-refractivity contribution is 1.31. The fraction of sp³-hybridized carbons (Fsp3) is 0.0667. The predicted octanol–water partition coefficient (Wildman–Crippen LogP) is 3.28. The normalized spacial score (nSPS) is 12.0. The summed E-state index contributed by atoms with van der Waals surface area (Å²) in [6.07, 6.45) is 0.803. The number of anilines is 1. The Bertz CT molecular complexity index is 536. The number of benzene rings is 2. The standard InChI is InChI=1S/C15H11N/c1-2-8-13-12(6-1)7-5-11-16-15-10-4-3-9-14(13)15/h1-4,6,8-10,16H,7H2. The van der Waals surface area contributed by atoms with Crippen molar-refractivity contribution >= 4 is 5.69 Å². The molecule has 0 bridgehead atoms. The molecule has 1 heteroatoms. The van der Waals surface area contributed by atoms with Crippen LogP contribution >= 0.6 is 0 Å². The molecule has 0 spiro atoms. The Morgan fingerprint density at radius 1 is 0.875 bits per heavy atom. The minimum absolute atomic E-state index is 0.803. The number of hydrogen-bond donors (Lipinski definition) is 1. The van der Waals surface area contributed by atoms with Crippen molar-refractivity contribution in [2.45, 2.75) is 6.42 Å². The first-order valence-electron chi connectivity index (χ1n) is 5.36. The quantitative estimate of drug-likeness (QED) is 0.651. The van der Waals surface area contributed by atoms with E-state index in [1.807, 2.05) is 6.07 Å². The van der Waals surface area contributed by atoms with Gasteiger partial charge < -0.3 is 5.32 Å². The van der Waals surface area contributed by atoms with Gasteiger partial charge in [-0.1, -0.05) is 48.4 Å². The Labute approximate surface area is 95.1 Å². The van der Waals surface area contributed by atoms with Crippen LogP contribution in [0.1, 0.15) is 5.56 Å². The molecule has 1 aliphatic rings. The molecule has 0 atom stereocenters. The molecule has 76 valence electrons. The average Bonchev–Trinajstić information content (AvgIpc) is 2.33. The van der Waals surface area contributed by atoms with Gasteiger partial charge in [0.15, 0.2) is 0 Å². The van der Waals surface area contributed by atoms with Gasteiger partial charge in [0, 0.05) is 18.0 Å². The summed E-state index contributed by atoms with van der Waals surface area (Å²) in [5, 5.41) is 3.14. The van der Waals surface area contributed by atoms with Crippen molar-refractivity contribution in [2.75, 3.05) is 5.32 Å². The maximum atomic E-state index is 3.14. The fourth-order valence-corrected chi connectivity index (χ4v) is 2.02. The molecule has 0 radical (unpaired) electrons. The molecular formula is C15H11N. The molecule has 2 aromatic rings. The Kier molecular flexibility index (Phi) is 2.12. The molecule has 0 unspecified atom stereocenters. The van der Waals surface area contributed by atoms with E-state index in [1.54, 1.807) is 0 Å². The van der Waals surface area contributed by atoms with Crippen LogP contribution in [0.4, 0.5) is 5.69 Å². The minimum Gasteiger partial charge on any atom is -0.314 e. The van der Waals surface area contributed by atoms with Crippen molar-refractivity contribution in [2.24, 2.45) is 0 Å². The summed E-state index contributed by atoms with van der Waals surface area (Å²) >= 11 is 0. The number of fused-ring (bicyclic) bond motifs is 3. The van der Waals surface area contributed by atoms with Gasteiger partial charge in [-0.3, -0.25) is 0 Å². The van der Waals surface area contributed by atoms with Gasteiger partial charge >= 0.3 is 0 Å². The smallest absolute Gasteiger partial charge is 0.0537 e. The van der Waals surface area contributed by atoms with Crippen molar-refractivity contribution in [3.8, 4) is 23.1 Å². The zero-order valence-corrected chi connectivity index (χ0v) is 8.83. The monoisotopic (exact) mass is 205 g/mol. The van der Waals surface area contributed by atoms with Crippen LogP contribution in [0, 0.1) is 12.0 Å². The molecule has 16 heavy (non-hydrogen) atoms. The first-order valence-corrected chi connectivity index (χ1v) is 5.36. The number of rotatable bonds is 0. The Morgan fingerprint density at radius 2 is 1.62 bits per heavy atom. The lowest BCUT2D eigenvalue weighted by Crippen LogP contribution is -1.97. The molecule has 3 rings (SSSR count). The second-order valence-corrected chi connectivity index (χ2v) is 3.81. The van der Waals surface area contributed by atoms with Gasteiger partial charge in [0.1, 0.15) is 0 Å². The van der Waals surface area contributed by atoms with E-state index in [4.69, 9.17) is 0 Å². The van der Waals surface area contributed by atoms with Crippen LogP contribution < -0.4 is 5.32 Å². The van der Waals surface area contributed by atoms with Gasteiger partial charge in [0.2, 0.25) is 0 Å². The van der Waals surface area contributed by atoms with Crippen LogP contribution in [0.2, 0.25) is 0 Å². The lowest BCUT2D eigenvalue weighted by atomic mass is 9.96. The molecular weight excluding hydrogens is 194 g/mol. The van der Waals surface area contributed by atoms with Gasteiger partial charge in [-0.25, -0.2) is 0 Å². The largest absolute Gasteiger partial charge is 0.314 e. The van der Waals surface area contributed by atoms with Crippen LogP contribution in [0.25, 0.3) is 11.1 Å². The Morgan fingerprint density at radius 3 is 2.56 bits per heavy atom. The van der Waals surface area contributed by atoms with Crippen LogP contribution in [-0.2, 0) is 6.42 Å². The van der Waals surface area contributed by atoms with E-state index in [9.17, 15) is 0 Å². The first-order chi connectivity index (χ1) is 7.95. The summed E-state index contributed by atoms with van der Waals surface area (Å²) in [7, 11) is 0. The van der Waals surface area contributed by atoms with Crippen LogP contribution in [0.15, 0.2) is 48.5 Å². The van der Waals surface area contributed by atoms with Crippen LogP contribution in [0.5, 0.6) is 0 Å². The van der Waals surface area contributed by atoms with E-state index in [0.29, 0.717) is 0 Å². The zero-order chi connectivity index (χ0) is 10.8. The maximum absolute atomic E-state index is 3.14. The van der Waals surface area contributed by atoms with E-state index in [2.05, 4.69) is 59.7 Å². The number of para-hydroxylation sites is 1. The van der Waals surface area contributed by atoms with E-state index in [1.165, 1.54) is 16.7 Å². The summed E-state index contributed by atoms with van der Waals surface area (Å²) < 4.78 is 0. The molecule has 0 saturated carbocycles. The maximum Gasteiger partial charge on any atom is 0.0537 e. The first kappa shape index (κ1) is 9.06. The molecule has 0 fully saturated rings. The van der Waals surface area contributed by atoms with E-state index < -0.39 is 0 Å². The van der Waals surface area contributed by atoms with Crippen molar-refractivity contribution in [3.05, 3.63) is 54.1 Å². The van der Waals surface area contributed by atoms with E-state index >= 15 is 0 Å². The van der Waals surface area contributed by atoms with Gasteiger partial charge in [0.05, 0.1) is 5.69 Å². The molecule has 1 nitrogen and oxygen atoms in total. The molecule has 1 heterocycles.